The molecule has 2 aromatic rings. The molecule has 1 unspecified atom stereocenters. The van der Waals surface area contributed by atoms with Crippen LogP contribution in [0.4, 0.5) is 4.39 Å². The number of halogens is 3. The van der Waals surface area contributed by atoms with E-state index in [1.54, 1.807) is 6.07 Å². The summed E-state index contributed by atoms with van der Waals surface area (Å²) < 4.78 is 14.1. The second kappa shape index (κ2) is 6.70. The standard InChI is InChI=1S/C16H16BrClFN/c1-10(12-4-3-5-13(17)8-12)20-11(2)15-7-6-14(19)9-16(15)18/h3-11,20H,1-2H3/t10-,11?/m1/s1. The van der Waals surface area contributed by atoms with Gasteiger partial charge in [-0.2, -0.15) is 0 Å². The summed E-state index contributed by atoms with van der Waals surface area (Å²) in [7, 11) is 0. The number of benzene rings is 2. The maximum atomic E-state index is 13.1. The maximum Gasteiger partial charge on any atom is 0.124 e. The van der Waals surface area contributed by atoms with Crippen LogP contribution >= 0.6 is 27.5 Å². The van der Waals surface area contributed by atoms with Crippen LogP contribution in [0.25, 0.3) is 0 Å². The fourth-order valence-electron chi connectivity index (χ4n) is 2.19. The molecule has 20 heavy (non-hydrogen) atoms. The molecule has 0 aliphatic rings. The Kier molecular flexibility index (Phi) is 5.19. The van der Waals surface area contributed by atoms with Gasteiger partial charge in [-0.15, -0.1) is 0 Å². The lowest BCUT2D eigenvalue weighted by molar-refractivity contribution is 0.494. The third-order valence-electron chi connectivity index (χ3n) is 3.28. The van der Waals surface area contributed by atoms with Gasteiger partial charge in [0.2, 0.25) is 0 Å². The third kappa shape index (κ3) is 3.81. The van der Waals surface area contributed by atoms with Gasteiger partial charge >= 0.3 is 0 Å². The minimum Gasteiger partial charge on any atom is -0.304 e. The SMILES string of the molecule is CC(N[C@H](C)c1cccc(Br)c1)c1ccc(F)cc1Cl. The molecular weight excluding hydrogens is 341 g/mol. The summed E-state index contributed by atoms with van der Waals surface area (Å²) in [5.74, 6) is -0.314. The highest BCUT2D eigenvalue weighted by molar-refractivity contribution is 9.10. The largest absolute Gasteiger partial charge is 0.304 e. The van der Waals surface area contributed by atoms with E-state index in [4.69, 9.17) is 11.6 Å². The van der Waals surface area contributed by atoms with Crippen LogP contribution in [0.1, 0.15) is 37.1 Å². The predicted octanol–water partition coefficient (Wildman–Crippen LogP) is 5.65. The molecule has 106 valence electrons. The third-order valence-corrected chi connectivity index (χ3v) is 4.10. The molecule has 0 saturated carbocycles. The Hall–Kier alpha value is -0.900. The van der Waals surface area contributed by atoms with E-state index in [1.807, 2.05) is 19.1 Å². The molecule has 1 N–H and O–H groups in total. The fourth-order valence-corrected chi connectivity index (χ4v) is 2.94. The molecule has 0 bridgehead atoms. The van der Waals surface area contributed by atoms with Crippen molar-refractivity contribution in [3.05, 3.63) is 68.9 Å². The number of hydrogen-bond acceptors (Lipinski definition) is 1. The van der Waals surface area contributed by atoms with Crippen LogP contribution in [0.5, 0.6) is 0 Å². The smallest absolute Gasteiger partial charge is 0.124 e. The zero-order chi connectivity index (χ0) is 14.7. The van der Waals surface area contributed by atoms with Crippen LogP contribution in [-0.4, -0.2) is 0 Å². The van der Waals surface area contributed by atoms with Crippen molar-refractivity contribution in [1.82, 2.24) is 5.32 Å². The Morgan fingerprint density at radius 1 is 1.10 bits per heavy atom. The fraction of sp³-hybridized carbons (Fsp3) is 0.250. The van der Waals surface area contributed by atoms with Crippen molar-refractivity contribution in [2.45, 2.75) is 25.9 Å². The van der Waals surface area contributed by atoms with E-state index >= 15 is 0 Å². The molecule has 0 aliphatic carbocycles. The van der Waals surface area contributed by atoms with Crippen LogP contribution < -0.4 is 5.32 Å². The van der Waals surface area contributed by atoms with E-state index in [2.05, 4.69) is 40.3 Å². The highest BCUT2D eigenvalue weighted by Gasteiger charge is 2.14. The molecule has 0 radical (unpaired) electrons. The average Bonchev–Trinajstić information content (AvgIpc) is 2.38. The lowest BCUT2D eigenvalue weighted by atomic mass is 10.0. The molecule has 4 heteroatoms. The zero-order valence-electron chi connectivity index (χ0n) is 11.3. The molecule has 2 rings (SSSR count). The van der Waals surface area contributed by atoms with Crippen molar-refractivity contribution in [3.63, 3.8) is 0 Å². The minimum atomic E-state index is -0.314. The quantitative estimate of drug-likeness (QED) is 0.746. The summed E-state index contributed by atoms with van der Waals surface area (Å²) in [5.41, 5.74) is 2.08. The van der Waals surface area contributed by atoms with Gasteiger partial charge in [0.05, 0.1) is 0 Å². The molecule has 1 nitrogen and oxygen atoms in total. The van der Waals surface area contributed by atoms with Gasteiger partial charge in [0.15, 0.2) is 0 Å². The lowest BCUT2D eigenvalue weighted by Crippen LogP contribution is -2.22. The molecule has 0 spiro atoms. The van der Waals surface area contributed by atoms with Crippen LogP contribution in [0.15, 0.2) is 46.9 Å². The number of rotatable bonds is 4. The van der Waals surface area contributed by atoms with Gasteiger partial charge in [0, 0.05) is 21.6 Å². The van der Waals surface area contributed by atoms with E-state index < -0.39 is 0 Å². The molecule has 2 aromatic carbocycles. The molecular formula is C16H16BrClFN. The maximum absolute atomic E-state index is 13.1. The summed E-state index contributed by atoms with van der Waals surface area (Å²) in [6.07, 6.45) is 0. The Labute approximate surface area is 132 Å². The summed E-state index contributed by atoms with van der Waals surface area (Å²) in [6, 6.07) is 12.9. The van der Waals surface area contributed by atoms with E-state index in [-0.39, 0.29) is 17.9 Å². The van der Waals surface area contributed by atoms with Crippen molar-refractivity contribution >= 4 is 27.5 Å². The first-order valence-electron chi connectivity index (χ1n) is 6.44. The van der Waals surface area contributed by atoms with Crippen molar-refractivity contribution in [2.24, 2.45) is 0 Å². The van der Waals surface area contributed by atoms with Gasteiger partial charge in [-0.1, -0.05) is 45.7 Å². The first kappa shape index (κ1) is 15.5. The normalized spacial score (nSPS) is 14.1. The predicted molar refractivity (Wildman–Crippen MR) is 85.5 cm³/mol. The van der Waals surface area contributed by atoms with Gasteiger partial charge in [0.1, 0.15) is 5.82 Å². The van der Waals surface area contributed by atoms with Gasteiger partial charge in [-0.05, 0) is 49.2 Å². The monoisotopic (exact) mass is 355 g/mol. The Morgan fingerprint density at radius 2 is 1.85 bits per heavy atom. The summed E-state index contributed by atoms with van der Waals surface area (Å²) >= 11 is 9.56. The molecule has 2 atom stereocenters. The second-order valence-corrected chi connectivity index (χ2v) is 6.15. The Morgan fingerprint density at radius 3 is 2.50 bits per heavy atom. The van der Waals surface area contributed by atoms with Crippen LogP contribution in [0.2, 0.25) is 5.02 Å². The van der Waals surface area contributed by atoms with Crippen LogP contribution in [0, 0.1) is 5.82 Å². The van der Waals surface area contributed by atoms with E-state index in [9.17, 15) is 4.39 Å². The molecule has 0 heterocycles. The van der Waals surface area contributed by atoms with Crippen molar-refractivity contribution in [2.75, 3.05) is 0 Å². The highest BCUT2D eigenvalue weighted by atomic mass is 79.9. The first-order chi connectivity index (χ1) is 9.47. The number of hydrogen-bond donors (Lipinski definition) is 1. The molecule has 0 fully saturated rings. The van der Waals surface area contributed by atoms with E-state index in [0.29, 0.717) is 5.02 Å². The highest BCUT2D eigenvalue weighted by Crippen LogP contribution is 2.26. The Bertz CT molecular complexity index is 603. The molecule has 0 aliphatic heterocycles. The van der Waals surface area contributed by atoms with Gasteiger partial charge in [-0.25, -0.2) is 4.39 Å². The summed E-state index contributed by atoms with van der Waals surface area (Å²) in [6.45, 7) is 4.11. The first-order valence-corrected chi connectivity index (χ1v) is 7.61. The topological polar surface area (TPSA) is 12.0 Å². The number of nitrogens with one attached hydrogen (secondary N) is 1. The molecule has 0 aromatic heterocycles. The molecule has 0 saturated heterocycles. The summed E-state index contributed by atoms with van der Waals surface area (Å²) in [4.78, 5) is 0. The van der Waals surface area contributed by atoms with Crippen LogP contribution in [-0.2, 0) is 0 Å². The van der Waals surface area contributed by atoms with Gasteiger partial charge < -0.3 is 5.32 Å². The minimum absolute atomic E-state index is 0.0390. The molecule has 0 amide bonds. The van der Waals surface area contributed by atoms with Gasteiger partial charge in [0.25, 0.3) is 0 Å². The average molecular weight is 357 g/mol. The van der Waals surface area contributed by atoms with Gasteiger partial charge in [-0.3, -0.25) is 0 Å². The van der Waals surface area contributed by atoms with Crippen molar-refractivity contribution in [1.29, 1.82) is 0 Å². The van der Waals surface area contributed by atoms with E-state index in [1.165, 1.54) is 17.7 Å². The lowest BCUT2D eigenvalue weighted by Gasteiger charge is -2.21. The second-order valence-electron chi connectivity index (χ2n) is 4.83. The van der Waals surface area contributed by atoms with E-state index in [0.717, 1.165) is 10.0 Å². The Balaban J connectivity index is 2.12. The zero-order valence-corrected chi connectivity index (χ0v) is 13.7. The van der Waals surface area contributed by atoms with Crippen molar-refractivity contribution in [3.8, 4) is 0 Å². The van der Waals surface area contributed by atoms with Crippen LogP contribution in [0.3, 0.4) is 0 Å². The summed E-state index contributed by atoms with van der Waals surface area (Å²) in [5, 5.41) is 3.92. The van der Waals surface area contributed by atoms with Crippen molar-refractivity contribution < 1.29 is 4.39 Å².